The number of allylic oxidation sites excluding steroid dienone is 14. The molecule has 0 aliphatic rings. The Balaban J connectivity index is 4.57. The number of carbonyl (C=O) groups excluding carboxylic acids is 2. The fraction of sp³-hybridized carbons (Fsp3) is 0.630. The standard InChI is InChI=1S/C46H76NO11P/c1-3-5-6-7-8-9-10-11-12-13-14-19-22-25-28-31-34-37-45(50)58-42(39-56-59(53,54)57-40-43(47)46(51)52)38-55-44(49)36-33-30-27-24-21-18-16-15-17-20-23-26-29-32-35-41(48)4-2/h11-12,14,16-20,24-29,41-43,48H,3-10,13,15,21-23,30-40,47H2,1-2H3,(H,51,52)(H,53,54)/b12-11-,18-16-,19-14-,20-17-,27-24-,28-25-,29-26-/t41-,42+,43-/m0/s1. The molecule has 59 heavy (non-hydrogen) atoms. The van der Waals surface area contributed by atoms with E-state index in [0.717, 1.165) is 57.8 Å². The summed E-state index contributed by atoms with van der Waals surface area (Å²) in [4.78, 5) is 45.9. The van der Waals surface area contributed by atoms with Crippen LogP contribution in [0.3, 0.4) is 0 Å². The van der Waals surface area contributed by atoms with Crippen LogP contribution in [-0.4, -0.2) is 71.1 Å². The van der Waals surface area contributed by atoms with Crippen molar-refractivity contribution in [3.05, 3.63) is 85.1 Å². The highest BCUT2D eigenvalue weighted by molar-refractivity contribution is 7.47. The van der Waals surface area contributed by atoms with Gasteiger partial charge in [-0.15, -0.1) is 0 Å². The van der Waals surface area contributed by atoms with Gasteiger partial charge in [0, 0.05) is 12.8 Å². The number of hydrogen-bond donors (Lipinski definition) is 4. The van der Waals surface area contributed by atoms with Crippen molar-refractivity contribution in [3.63, 3.8) is 0 Å². The van der Waals surface area contributed by atoms with E-state index in [1.807, 2.05) is 31.2 Å². The Kier molecular flexibility index (Phi) is 37.8. The predicted molar refractivity (Wildman–Crippen MR) is 236 cm³/mol. The molecule has 0 aliphatic carbocycles. The number of nitrogens with two attached hydrogens (primary N) is 1. The minimum atomic E-state index is -4.75. The van der Waals surface area contributed by atoms with E-state index in [-0.39, 0.29) is 18.9 Å². The zero-order valence-corrected chi connectivity index (χ0v) is 36.8. The lowest BCUT2D eigenvalue weighted by atomic mass is 10.1. The first kappa shape index (κ1) is 55.6. The first-order valence-corrected chi connectivity index (χ1v) is 23.2. The average Bonchev–Trinajstić information content (AvgIpc) is 3.21. The average molecular weight is 850 g/mol. The summed E-state index contributed by atoms with van der Waals surface area (Å²) in [6, 6.07) is -1.55. The van der Waals surface area contributed by atoms with Crippen LogP contribution in [0.1, 0.15) is 149 Å². The summed E-state index contributed by atoms with van der Waals surface area (Å²) in [5, 5.41) is 18.4. The van der Waals surface area contributed by atoms with Gasteiger partial charge in [-0.2, -0.15) is 0 Å². The number of esters is 2. The van der Waals surface area contributed by atoms with Gasteiger partial charge >= 0.3 is 25.7 Å². The fourth-order valence-electron chi connectivity index (χ4n) is 5.17. The topological polar surface area (TPSA) is 192 Å². The minimum absolute atomic E-state index is 0.0664. The van der Waals surface area contributed by atoms with Gasteiger partial charge in [-0.3, -0.25) is 23.4 Å². The number of unbranched alkanes of at least 4 members (excludes halogenated alkanes) is 8. The van der Waals surface area contributed by atoms with E-state index in [2.05, 4.69) is 72.2 Å². The Morgan fingerprint density at radius 1 is 0.593 bits per heavy atom. The summed E-state index contributed by atoms with van der Waals surface area (Å²) in [5.41, 5.74) is 5.32. The van der Waals surface area contributed by atoms with Crippen molar-refractivity contribution in [2.24, 2.45) is 5.73 Å². The zero-order chi connectivity index (χ0) is 43.7. The maximum Gasteiger partial charge on any atom is 0.472 e. The second-order valence-corrected chi connectivity index (χ2v) is 15.7. The van der Waals surface area contributed by atoms with E-state index in [0.29, 0.717) is 25.7 Å². The number of aliphatic carboxylic acids is 1. The Morgan fingerprint density at radius 3 is 1.54 bits per heavy atom. The summed E-state index contributed by atoms with van der Waals surface area (Å²) >= 11 is 0. The number of aliphatic hydroxyl groups is 1. The molecule has 336 valence electrons. The van der Waals surface area contributed by atoms with Crippen molar-refractivity contribution in [2.45, 2.75) is 167 Å². The Hall–Kier alpha value is -3.38. The van der Waals surface area contributed by atoms with Gasteiger partial charge in [0.15, 0.2) is 6.10 Å². The van der Waals surface area contributed by atoms with Crippen LogP contribution < -0.4 is 5.73 Å². The fourth-order valence-corrected chi connectivity index (χ4v) is 5.95. The zero-order valence-electron chi connectivity index (χ0n) is 35.9. The number of aliphatic hydroxyl groups excluding tert-OH is 1. The van der Waals surface area contributed by atoms with Crippen molar-refractivity contribution in [1.82, 2.24) is 0 Å². The molecule has 0 bridgehead atoms. The van der Waals surface area contributed by atoms with E-state index in [4.69, 9.17) is 24.8 Å². The molecule has 0 aromatic heterocycles. The number of ether oxygens (including phenoxy) is 2. The quantitative estimate of drug-likeness (QED) is 0.0198. The number of rotatable bonds is 39. The number of carboxylic acid groups (broad SMARTS) is 1. The second-order valence-electron chi connectivity index (χ2n) is 14.3. The number of carboxylic acids is 1. The van der Waals surface area contributed by atoms with Gasteiger partial charge < -0.3 is 30.3 Å². The lowest BCUT2D eigenvalue weighted by Crippen LogP contribution is -2.34. The molecule has 4 atom stereocenters. The molecule has 0 aliphatic heterocycles. The van der Waals surface area contributed by atoms with E-state index in [1.165, 1.54) is 38.5 Å². The molecule has 13 heteroatoms. The smallest absolute Gasteiger partial charge is 0.472 e. The molecule has 0 radical (unpaired) electrons. The van der Waals surface area contributed by atoms with Crippen LogP contribution >= 0.6 is 7.82 Å². The molecule has 12 nitrogen and oxygen atoms in total. The highest BCUT2D eigenvalue weighted by Gasteiger charge is 2.28. The van der Waals surface area contributed by atoms with Crippen molar-refractivity contribution in [3.8, 4) is 0 Å². The number of hydrogen-bond acceptors (Lipinski definition) is 10. The predicted octanol–water partition coefficient (Wildman–Crippen LogP) is 10.5. The molecule has 0 saturated heterocycles. The van der Waals surface area contributed by atoms with E-state index in [1.54, 1.807) is 0 Å². The van der Waals surface area contributed by atoms with Crippen LogP contribution in [-0.2, 0) is 37.5 Å². The van der Waals surface area contributed by atoms with Gasteiger partial charge in [-0.1, -0.05) is 131 Å². The van der Waals surface area contributed by atoms with Gasteiger partial charge in [0.2, 0.25) is 0 Å². The molecule has 0 aromatic rings. The Morgan fingerprint density at radius 2 is 1.03 bits per heavy atom. The number of carbonyl (C=O) groups is 3. The molecule has 0 amide bonds. The second kappa shape index (κ2) is 40.0. The lowest BCUT2D eigenvalue weighted by molar-refractivity contribution is -0.161. The third kappa shape index (κ3) is 39.8. The van der Waals surface area contributed by atoms with Crippen molar-refractivity contribution < 1.29 is 52.6 Å². The third-order valence-electron chi connectivity index (χ3n) is 8.78. The minimum Gasteiger partial charge on any atom is -0.480 e. The molecule has 5 N–H and O–H groups in total. The lowest BCUT2D eigenvalue weighted by Gasteiger charge is -2.20. The van der Waals surface area contributed by atoms with Gasteiger partial charge in [0.25, 0.3) is 0 Å². The molecule has 0 spiro atoms. The van der Waals surface area contributed by atoms with Crippen LogP contribution in [0.4, 0.5) is 0 Å². The highest BCUT2D eigenvalue weighted by Crippen LogP contribution is 2.43. The molecule has 0 aromatic carbocycles. The number of phosphoric ester groups is 1. The van der Waals surface area contributed by atoms with Crippen molar-refractivity contribution in [1.29, 1.82) is 0 Å². The summed E-state index contributed by atoms with van der Waals surface area (Å²) in [5.74, 6) is -2.55. The number of phosphoric acid groups is 1. The molecule has 0 rings (SSSR count). The monoisotopic (exact) mass is 850 g/mol. The largest absolute Gasteiger partial charge is 0.480 e. The molecular formula is C46H76NO11P. The first-order valence-electron chi connectivity index (χ1n) is 21.7. The van der Waals surface area contributed by atoms with Crippen molar-refractivity contribution >= 4 is 25.7 Å². The first-order chi connectivity index (χ1) is 28.5. The molecule has 0 heterocycles. The van der Waals surface area contributed by atoms with Crippen LogP contribution in [0.5, 0.6) is 0 Å². The van der Waals surface area contributed by atoms with Crippen molar-refractivity contribution in [2.75, 3.05) is 19.8 Å². The van der Waals surface area contributed by atoms with E-state index < -0.39 is 57.7 Å². The van der Waals surface area contributed by atoms with Gasteiger partial charge in [0.1, 0.15) is 12.6 Å². The third-order valence-corrected chi connectivity index (χ3v) is 9.73. The summed E-state index contributed by atoms with van der Waals surface area (Å²) in [7, 11) is -4.75. The molecular weight excluding hydrogens is 773 g/mol. The Bertz CT molecular complexity index is 1340. The summed E-state index contributed by atoms with van der Waals surface area (Å²) in [6.45, 7) is 2.38. The molecule has 0 fully saturated rings. The van der Waals surface area contributed by atoms with E-state index >= 15 is 0 Å². The van der Waals surface area contributed by atoms with Crippen LogP contribution in [0.25, 0.3) is 0 Å². The van der Waals surface area contributed by atoms with E-state index in [9.17, 15) is 28.9 Å². The molecule has 1 unspecified atom stereocenters. The highest BCUT2D eigenvalue weighted by atomic mass is 31.2. The molecule has 0 saturated carbocycles. The summed E-state index contributed by atoms with van der Waals surface area (Å²) in [6.07, 6.45) is 46.1. The van der Waals surface area contributed by atoms with Crippen LogP contribution in [0.2, 0.25) is 0 Å². The summed E-state index contributed by atoms with van der Waals surface area (Å²) < 4.78 is 32.5. The van der Waals surface area contributed by atoms with Gasteiger partial charge in [0.05, 0.1) is 19.3 Å². The maximum absolute atomic E-state index is 12.6. The van der Waals surface area contributed by atoms with Gasteiger partial charge in [-0.25, -0.2) is 4.57 Å². The van der Waals surface area contributed by atoms with Crippen LogP contribution in [0, 0.1) is 0 Å². The SMILES string of the molecule is CCCCCCCC/C=C\C/C=C\C/C=C\CCCC(=O)O[C@H](COC(=O)CCC/C=C\C/C=C\C/C=C\C/C=C\CC[C@@H](O)CC)COP(=O)(O)OC[C@H](N)C(=O)O. The normalized spacial score (nSPS) is 15.1. The maximum atomic E-state index is 12.6. The Labute approximate surface area is 355 Å². The van der Waals surface area contributed by atoms with Crippen LogP contribution in [0.15, 0.2) is 85.1 Å². The van der Waals surface area contributed by atoms with Gasteiger partial charge in [-0.05, 0) is 89.9 Å².